The Kier molecular flexibility index (Phi) is 6.13. The Hall–Kier alpha value is -4.88. The second-order valence-corrected chi connectivity index (χ2v) is 11.8. The Labute approximate surface area is 247 Å². The van der Waals surface area contributed by atoms with Crippen molar-refractivity contribution in [1.82, 2.24) is 0 Å². The van der Waals surface area contributed by atoms with Gasteiger partial charge in [0.15, 0.2) is 0 Å². The van der Waals surface area contributed by atoms with Gasteiger partial charge in [-0.25, -0.2) is 0 Å². The third-order valence-corrected chi connectivity index (χ3v) is 8.52. The van der Waals surface area contributed by atoms with E-state index in [0.717, 1.165) is 27.7 Å². The van der Waals surface area contributed by atoms with Crippen LogP contribution in [0.2, 0.25) is 0 Å². The van der Waals surface area contributed by atoms with Gasteiger partial charge in [-0.3, -0.25) is 0 Å². The maximum Gasteiger partial charge on any atom is 0.139 e. The number of fused-ring (bicyclic) bond motifs is 5. The van der Waals surface area contributed by atoms with E-state index in [0.29, 0.717) is 0 Å². The molecular weight excluding hydrogens is 508 g/mol. The molecule has 7 rings (SSSR count). The van der Waals surface area contributed by atoms with Gasteiger partial charge in [-0.1, -0.05) is 114 Å². The molecule has 0 saturated heterocycles. The van der Waals surface area contributed by atoms with Gasteiger partial charge in [-0.15, -0.1) is 0 Å². The molecule has 0 unspecified atom stereocenters. The van der Waals surface area contributed by atoms with Crippen molar-refractivity contribution in [2.75, 3.05) is 0 Å². The smallest absolute Gasteiger partial charge is 0.139 e. The summed E-state index contributed by atoms with van der Waals surface area (Å²) in [6.07, 6.45) is 1.98. The van der Waals surface area contributed by atoms with E-state index >= 15 is 0 Å². The minimum Gasteiger partial charge on any atom is -0.456 e. The number of hydrogen-bond donors (Lipinski definition) is 0. The van der Waals surface area contributed by atoms with Crippen LogP contribution in [0.15, 0.2) is 108 Å². The van der Waals surface area contributed by atoms with Crippen LogP contribution in [0.1, 0.15) is 33.4 Å². The first-order valence-corrected chi connectivity index (χ1v) is 14.6. The third-order valence-electron chi connectivity index (χ3n) is 8.52. The lowest BCUT2D eigenvalue weighted by molar-refractivity contribution is 0.666. The average molecular weight is 543 g/mol. The van der Waals surface area contributed by atoms with E-state index in [-0.39, 0.29) is 0 Å². The predicted octanol–water partition coefficient (Wildman–Crippen LogP) is 11.9. The van der Waals surface area contributed by atoms with Crippen molar-refractivity contribution >= 4 is 38.8 Å². The molecule has 6 aromatic carbocycles. The monoisotopic (exact) mass is 542 g/mol. The molecule has 0 bridgehead atoms. The highest BCUT2D eigenvalue weighted by atomic mass is 16.3. The third kappa shape index (κ3) is 4.25. The molecule has 0 N–H and O–H groups in total. The molecule has 0 atom stereocenters. The molecule has 1 heterocycles. The molecule has 0 aliphatic carbocycles. The van der Waals surface area contributed by atoms with Gasteiger partial charge in [0.25, 0.3) is 0 Å². The van der Waals surface area contributed by atoms with Gasteiger partial charge in [0, 0.05) is 16.3 Å². The second-order valence-electron chi connectivity index (χ2n) is 11.8. The molecule has 0 amide bonds. The summed E-state index contributed by atoms with van der Waals surface area (Å²) in [5.74, 6) is 0. The Morgan fingerprint density at radius 3 is 1.74 bits per heavy atom. The summed E-state index contributed by atoms with van der Waals surface area (Å²) in [4.78, 5) is 0. The van der Waals surface area contributed by atoms with Crippen molar-refractivity contribution in [2.45, 2.75) is 34.6 Å². The lowest BCUT2D eigenvalue weighted by atomic mass is 9.87. The summed E-state index contributed by atoms with van der Waals surface area (Å²) < 4.78 is 6.74. The molecule has 1 aromatic heterocycles. The molecule has 0 fully saturated rings. The number of furan rings is 1. The van der Waals surface area contributed by atoms with Crippen molar-refractivity contribution in [3.63, 3.8) is 0 Å². The summed E-state index contributed by atoms with van der Waals surface area (Å²) >= 11 is 0. The van der Waals surface area contributed by atoms with Crippen molar-refractivity contribution in [3.05, 3.63) is 137 Å². The van der Waals surface area contributed by atoms with Crippen LogP contribution in [0.25, 0.3) is 72.2 Å². The van der Waals surface area contributed by atoms with Crippen LogP contribution < -0.4 is 0 Å². The van der Waals surface area contributed by atoms with Gasteiger partial charge in [0.05, 0.1) is 0 Å². The first kappa shape index (κ1) is 26.0. The van der Waals surface area contributed by atoms with E-state index in [9.17, 15) is 0 Å². The Morgan fingerprint density at radius 2 is 1.12 bits per heavy atom. The van der Waals surface area contributed by atoms with Crippen LogP contribution in [-0.4, -0.2) is 0 Å². The van der Waals surface area contributed by atoms with E-state index in [4.69, 9.17) is 4.42 Å². The summed E-state index contributed by atoms with van der Waals surface area (Å²) in [5.41, 5.74) is 16.4. The minimum absolute atomic E-state index is 0.918. The Bertz CT molecular complexity index is 2170. The predicted molar refractivity (Wildman–Crippen MR) is 181 cm³/mol. The van der Waals surface area contributed by atoms with Gasteiger partial charge in [-0.2, -0.15) is 0 Å². The standard InChI is InChI=1S/C41H34O/c1-7-29-22-30(32-18-24(2)16-25(3)19-32)12-14-34(29)39-28(6)41-40(36-11-9-8-10-35(36)39)37-15-13-31(23-38(37)42-41)33-20-26(4)17-27(5)21-33/h7-23H,1H2,2-6H3. The minimum atomic E-state index is 0.918. The van der Waals surface area contributed by atoms with E-state index < -0.39 is 0 Å². The highest BCUT2D eigenvalue weighted by molar-refractivity contribution is 6.24. The van der Waals surface area contributed by atoms with Gasteiger partial charge in [0.2, 0.25) is 0 Å². The molecule has 0 saturated carbocycles. The number of benzene rings is 6. The van der Waals surface area contributed by atoms with Gasteiger partial charge in [-0.05, 0) is 103 Å². The Balaban J connectivity index is 1.47. The quantitative estimate of drug-likeness (QED) is 0.216. The SMILES string of the molecule is C=Cc1cc(-c2cc(C)cc(C)c2)ccc1-c1c(C)c2oc3cc(-c4cc(C)cc(C)c4)ccc3c2c2ccccc12. The number of rotatable bonds is 4. The highest BCUT2D eigenvalue weighted by Crippen LogP contribution is 2.45. The fourth-order valence-electron chi connectivity index (χ4n) is 6.81. The molecule has 42 heavy (non-hydrogen) atoms. The molecule has 0 radical (unpaired) electrons. The zero-order chi connectivity index (χ0) is 29.1. The zero-order valence-electron chi connectivity index (χ0n) is 24.9. The maximum atomic E-state index is 6.74. The first-order valence-electron chi connectivity index (χ1n) is 14.6. The first-order chi connectivity index (χ1) is 20.3. The summed E-state index contributed by atoms with van der Waals surface area (Å²) in [6, 6.07) is 35.6. The summed E-state index contributed by atoms with van der Waals surface area (Å²) in [7, 11) is 0. The second kappa shape index (κ2) is 9.89. The van der Waals surface area contributed by atoms with Crippen LogP contribution in [-0.2, 0) is 0 Å². The molecular formula is C41H34O. The number of hydrogen-bond acceptors (Lipinski definition) is 1. The van der Waals surface area contributed by atoms with Crippen LogP contribution in [0.5, 0.6) is 0 Å². The highest BCUT2D eigenvalue weighted by Gasteiger charge is 2.20. The van der Waals surface area contributed by atoms with Crippen LogP contribution >= 0.6 is 0 Å². The maximum absolute atomic E-state index is 6.74. The Morgan fingerprint density at radius 1 is 0.548 bits per heavy atom. The summed E-state index contributed by atoms with van der Waals surface area (Å²) in [5, 5.41) is 4.77. The zero-order valence-corrected chi connectivity index (χ0v) is 24.9. The molecule has 1 heteroatoms. The van der Waals surface area contributed by atoms with Crippen LogP contribution in [0.4, 0.5) is 0 Å². The van der Waals surface area contributed by atoms with Crippen LogP contribution in [0.3, 0.4) is 0 Å². The summed E-state index contributed by atoms with van der Waals surface area (Å²) in [6.45, 7) is 15.0. The van der Waals surface area contributed by atoms with Crippen LogP contribution in [0, 0.1) is 34.6 Å². The molecule has 7 aromatic rings. The van der Waals surface area contributed by atoms with E-state index in [2.05, 4.69) is 138 Å². The molecule has 0 aliphatic rings. The fourth-order valence-corrected chi connectivity index (χ4v) is 6.81. The molecule has 1 nitrogen and oxygen atoms in total. The largest absolute Gasteiger partial charge is 0.456 e. The van der Waals surface area contributed by atoms with Crippen molar-refractivity contribution in [1.29, 1.82) is 0 Å². The van der Waals surface area contributed by atoms with E-state index in [1.165, 1.54) is 71.8 Å². The molecule has 204 valence electrons. The topological polar surface area (TPSA) is 13.1 Å². The van der Waals surface area contributed by atoms with Gasteiger partial charge < -0.3 is 4.42 Å². The van der Waals surface area contributed by atoms with Crippen molar-refractivity contribution in [3.8, 4) is 33.4 Å². The number of aryl methyl sites for hydroxylation is 5. The molecule has 0 spiro atoms. The fraction of sp³-hybridized carbons (Fsp3) is 0.122. The van der Waals surface area contributed by atoms with Gasteiger partial charge >= 0.3 is 0 Å². The van der Waals surface area contributed by atoms with Crippen molar-refractivity contribution in [2.24, 2.45) is 0 Å². The normalized spacial score (nSPS) is 11.5. The average Bonchev–Trinajstić information content (AvgIpc) is 3.36. The lowest BCUT2D eigenvalue weighted by Crippen LogP contribution is -1.92. The van der Waals surface area contributed by atoms with Crippen molar-refractivity contribution < 1.29 is 4.42 Å². The van der Waals surface area contributed by atoms with E-state index in [1.54, 1.807) is 0 Å². The lowest BCUT2D eigenvalue weighted by Gasteiger charge is -2.16. The van der Waals surface area contributed by atoms with E-state index in [1.807, 2.05) is 6.08 Å². The van der Waals surface area contributed by atoms with Gasteiger partial charge in [0.1, 0.15) is 11.2 Å². The molecule has 0 aliphatic heterocycles.